The molecule has 4 nitrogen and oxygen atoms in total. The molecule has 3 N–H and O–H groups in total. The lowest BCUT2D eigenvalue weighted by Crippen LogP contribution is -2.32. The van der Waals surface area contributed by atoms with Gasteiger partial charge in [-0.2, -0.15) is 0 Å². The van der Waals surface area contributed by atoms with E-state index in [1.807, 2.05) is 0 Å². The SMILES string of the molecule is Nc1cncc(Br)c1N(CCO)CC(F)F. The summed E-state index contributed by atoms with van der Waals surface area (Å²) in [4.78, 5) is 5.14. The molecule has 0 fully saturated rings. The van der Waals surface area contributed by atoms with Crippen molar-refractivity contribution < 1.29 is 13.9 Å². The summed E-state index contributed by atoms with van der Waals surface area (Å²) in [6.07, 6.45) is 0.364. The van der Waals surface area contributed by atoms with Crippen LogP contribution < -0.4 is 10.6 Å². The molecule has 1 rings (SSSR count). The summed E-state index contributed by atoms with van der Waals surface area (Å²) in [5.74, 6) is 0. The van der Waals surface area contributed by atoms with E-state index in [1.165, 1.54) is 17.3 Å². The minimum atomic E-state index is -2.49. The smallest absolute Gasteiger partial charge is 0.255 e. The van der Waals surface area contributed by atoms with Crippen LogP contribution in [0, 0.1) is 0 Å². The molecule has 0 aliphatic rings. The molecule has 0 unspecified atom stereocenters. The molecule has 0 amide bonds. The second-order valence-corrected chi connectivity index (χ2v) is 3.97. The number of nitrogens with zero attached hydrogens (tertiary/aromatic N) is 2. The second-order valence-electron chi connectivity index (χ2n) is 3.12. The summed E-state index contributed by atoms with van der Waals surface area (Å²) in [5.41, 5.74) is 6.40. The fourth-order valence-electron chi connectivity index (χ4n) is 1.36. The molecule has 0 aliphatic heterocycles. The van der Waals surface area contributed by atoms with Gasteiger partial charge in [-0.05, 0) is 15.9 Å². The van der Waals surface area contributed by atoms with Crippen molar-refractivity contribution in [3.63, 3.8) is 0 Å². The molecular weight excluding hydrogens is 284 g/mol. The summed E-state index contributed by atoms with van der Waals surface area (Å²) in [6.45, 7) is -0.606. The van der Waals surface area contributed by atoms with E-state index in [2.05, 4.69) is 20.9 Å². The zero-order valence-electron chi connectivity index (χ0n) is 8.41. The average Bonchev–Trinajstić information content (AvgIpc) is 2.16. The van der Waals surface area contributed by atoms with Crippen LogP contribution in [0.25, 0.3) is 0 Å². The molecule has 0 aliphatic carbocycles. The van der Waals surface area contributed by atoms with Gasteiger partial charge in [0.1, 0.15) is 0 Å². The quantitative estimate of drug-likeness (QED) is 0.864. The molecule has 0 radical (unpaired) electrons. The Hall–Kier alpha value is -0.950. The fourth-order valence-corrected chi connectivity index (χ4v) is 1.96. The molecule has 0 aromatic carbocycles. The van der Waals surface area contributed by atoms with E-state index in [-0.39, 0.29) is 13.2 Å². The first-order valence-corrected chi connectivity index (χ1v) is 5.38. The molecule has 0 bridgehead atoms. The van der Waals surface area contributed by atoms with Gasteiger partial charge < -0.3 is 15.7 Å². The van der Waals surface area contributed by atoms with Gasteiger partial charge in [-0.1, -0.05) is 0 Å². The highest BCUT2D eigenvalue weighted by atomic mass is 79.9. The van der Waals surface area contributed by atoms with E-state index in [1.54, 1.807) is 0 Å². The summed E-state index contributed by atoms with van der Waals surface area (Å²) in [5, 5.41) is 8.83. The molecule has 0 atom stereocenters. The van der Waals surface area contributed by atoms with Crippen molar-refractivity contribution in [1.29, 1.82) is 0 Å². The first-order chi connectivity index (χ1) is 7.56. The molecule has 1 aromatic rings. The number of hydrogen-bond acceptors (Lipinski definition) is 4. The first-order valence-electron chi connectivity index (χ1n) is 4.59. The Morgan fingerprint density at radius 2 is 2.19 bits per heavy atom. The van der Waals surface area contributed by atoms with E-state index in [4.69, 9.17) is 10.8 Å². The van der Waals surface area contributed by atoms with Gasteiger partial charge in [0.05, 0.1) is 35.2 Å². The Morgan fingerprint density at radius 3 is 2.69 bits per heavy atom. The van der Waals surface area contributed by atoms with Gasteiger partial charge in [0.2, 0.25) is 0 Å². The van der Waals surface area contributed by atoms with Gasteiger partial charge >= 0.3 is 0 Å². The van der Waals surface area contributed by atoms with Crippen LogP contribution >= 0.6 is 15.9 Å². The number of aliphatic hydroxyl groups is 1. The van der Waals surface area contributed by atoms with E-state index >= 15 is 0 Å². The van der Waals surface area contributed by atoms with Gasteiger partial charge in [-0.3, -0.25) is 4.98 Å². The Bertz CT molecular complexity index is 331. The van der Waals surface area contributed by atoms with Crippen LogP contribution in [0.1, 0.15) is 0 Å². The predicted octanol–water partition coefficient (Wildman–Crippen LogP) is 1.49. The third kappa shape index (κ3) is 3.28. The summed E-state index contributed by atoms with van der Waals surface area (Å²) < 4.78 is 25.3. The van der Waals surface area contributed by atoms with Crippen LogP contribution in [0.3, 0.4) is 0 Å². The number of aliphatic hydroxyl groups excluding tert-OH is 1. The minimum absolute atomic E-state index is 0.0944. The molecule has 1 aromatic heterocycles. The van der Waals surface area contributed by atoms with Crippen LogP contribution in [-0.2, 0) is 0 Å². The first kappa shape index (κ1) is 13.1. The Morgan fingerprint density at radius 1 is 1.50 bits per heavy atom. The van der Waals surface area contributed by atoms with Gasteiger partial charge in [-0.15, -0.1) is 0 Å². The van der Waals surface area contributed by atoms with Gasteiger partial charge in [-0.25, -0.2) is 8.78 Å². The molecule has 16 heavy (non-hydrogen) atoms. The lowest BCUT2D eigenvalue weighted by molar-refractivity contribution is 0.153. The molecule has 90 valence electrons. The highest BCUT2D eigenvalue weighted by Crippen LogP contribution is 2.31. The number of nitrogen functional groups attached to an aromatic ring is 1. The minimum Gasteiger partial charge on any atom is -0.396 e. The third-order valence-corrected chi connectivity index (χ3v) is 2.53. The maximum absolute atomic E-state index is 12.4. The Kier molecular flexibility index (Phi) is 4.88. The van der Waals surface area contributed by atoms with Crippen molar-refractivity contribution >= 4 is 27.3 Å². The van der Waals surface area contributed by atoms with E-state index in [9.17, 15) is 8.78 Å². The Labute approximate surface area is 100 Å². The molecule has 1 heterocycles. The Balaban J connectivity index is 3.00. The van der Waals surface area contributed by atoms with Crippen LogP contribution in [0.2, 0.25) is 0 Å². The standard InChI is InChI=1S/C9H12BrF2N3O/c10-6-3-14-4-7(13)9(6)15(1-2-16)5-8(11)12/h3-4,8,16H,1-2,5,13H2. The highest BCUT2D eigenvalue weighted by molar-refractivity contribution is 9.10. The van der Waals surface area contributed by atoms with E-state index in [0.29, 0.717) is 15.8 Å². The number of hydrogen-bond donors (Lipinski definition) is 2. The maximum atomic E-state index is 12.4. The van der Waals surface area contributed by atoms with Crippen molar-refractivity contribution in [3.8, 4) is 0 Å². The van der Waals surface area contributed by atoms with Gasteiger partial charge in [0.25, 0.3) is 6.43 Å². The van der Waals surface area contributed by atoms with Crippen molar-refractivity contribution in [3.05, 3.63) is 16.9 Å². The molecular formula is C9H12BrF2N3O. The topological polar surface area (TPSA) is 62.4 Å². The average molecular weight is 296 g/mol. The van der Waals surface area contributed by atoms with Crippen molar-refractivity contribution in [2.24, 2.45) is 0 Å². The van der Waals surface area contributed by atoms with E-state index in [0.717, 1.165) is 0 Å². The number of nitrogens with two attached hydrogens (primary N) is 1. The van der Waals surface area contributed by atoms with Crippen molar-refractivity contribution in [2.75, 3.05) is 30.3 Å². The van der Waals surface area contributed by atoms with Gasteiger partial charge in [0, 0.05) is 12.7 Å². The van der Waals surface area contributed by atoms with Gasteiger partial charge in [0.15, 0.2) is 0 Å². The van der Waals surface area contributed by atoms with E-state index < -0.39 is 13.0 Å². The molecule has 0 saturated carbocycles. The number of pyridine rings is 1. The monoisotopic (exact) mass is 295 g/mol. The van der Waals surface area contributed by atoms with Crippen LogP contribution in [0.4, 0.5) is 20.2 Å². The predicted molar refractivity (Wildman–Crippen MR) is 61.7 cm³/mol. The largest absolute Gasteiger partial charge is 0.396 e. The lowest BCUT2D eigenvalue weighted by Gasteiger charge is -2.25. The number of anilines is 2. The number of rotatable bonds is 5. The number of aromatic nitrogens is 1. The second kappa shape index (κ2) is 5.95. The third-order valence-electron chi connectivity index (χ3n) is 1.95. The molecule has 0 saturated heterocycles. The molecule has 7 heteroatoms. The highest BCUT2D eigenvalue weighted by Gasteiger charge is 2.17. The zero-order chi connectivity index (χ0) is 12.1. The van der Waals surface area contributed by atoms with Crippen LogP contribution in [-0.4, -0.2) is 36.2 Å². The maximum Gasteiger partial charge on any atom is 0.255 e. The van der Waals surface area contributed by atoms with Crippen LogP contribution in [0.5, 0.6) is 0 Å². The summed E-state index contributed by atoms with van der Waals surface area (Å²) in [6, 6.07) is 0. The number of halogens is 3. The fraction of sp³-hybridized carbons (Fsp3) is 0.444. The molecule has 0 spiro atoms. The zero-order valence-corrected chi connectivity index (χ0v) is 9.99. The summed E-state index contributed by atoms with van der Waals surface area (Å²) in [7, 11) is 0. The van der Waals surface area contributed by atoms with Crippen molar-refractivity contribution in [2.45, 2.75) is 6.43 Å². The lowest BCUT2D eigenvalue weighted by atomic mass is 10.3. The van der Waals surface area contributed by atoms with Crippen molar-refractivity contribution in [1.82, 2.24) is 4.98 Å². The normalized spacial score (nSPS) is 10.8. The summed E-state index contributed by atoms with van der Waals surface area (Å²) >= 11 is 3.20. The number of alkyl halides is 2. The van der Waals surface area contributed by atoms with Crippen LogP contribution in [0.15, 0.2) is 16.9 Å².